The van der Waals surface area contributed by atoms with E-state index in [0.717, 1.165) is 55.4 Å². The van der Waals surface area contributed by atoms with Gasteiger partial charge >= 0.3 is 0 Å². The van der Waals surface area contributed by atoms with Crippen LogP contribution >= 0.6 is 0 Å². The number of hydrogen-bond acceptors (Lipinski definition) is 5. The number of rotatable bonds is 4. The molecule has 1 aromatic rings. The van der Waals surface area contributed by atoms with E-state index in [1.165, 1.54) is 0 Å². The standard InChI is InChI=1S/C14H21N3O2/c1-11(16-15)12-3-4-14(18-2)13(9-12)10-17-5-7-19-8-6-17/h3-4,9H,5-8,10,15H2,1-2H3/b16-11-. The SMILES string of the molecule is COc1ccc(/C(C)=N\N)cc1CN1CCOCC1. The van der Waals surface area contributed by atoms with Crippen LogP contribution in [0.25, 0.3) is 0 Å². The lowest BCUT2D eigenvalue weighted by Gasteiger charge is -2.27. The van der Waals surface area contributed by atoms with Gasteiger partial charge in [-0.05, 0) is 30.7 Å². The van der Waals surface area contributed by atoms with Crippen LogP contribution in [0.5, 0.6) is 5.75 Å². The minimum Gasteiger partial charge on any atom is -0.496 e. The highest BCUT2D eigenvalue weighted by molar-refractivity contribution is 5.98. The third-order valence-corrected chi connectivity index (χ3v) is 3.39. The molecular formula is C14H21N3O2. The number of nitrogens with two attached hydrogens (primary N) is 1. The number of hydrazone groups is 1. The van der Waals surface area contributed by atoms with Crippen molar-refractivity contribution in [2.24, 2.45) is 10.9 Å². The molecule has 0 amide bonds. The summed E-state index contributed by atoms with van der Waals surface area (Å²) < 4.78 is 10.8. The van der Waals surface area contributed by atoms with Crippen LogP contribution in [0.1, 0.15) is 18.1 Å². The Kier molecular flexibility index (Phi) is 4.76. The predicted octanol–water partition coefficient (Wildman–Crippen LogP) is 1.21. The number of nitrogens with zero attached hydrogens (tertiary/aromatic N) is 2. The Hall–Kier alpha value is -1.59. The van der Waals surface area contributed by atoms with E-state index < -0.39 is 0 Å². The molecule has 1 aliphatic heterocycles. The first-order valence-corrected chi connectivity index (χ1v) is 6.46. The number of hydrogen-bond donors (Lipinski definition) is 1. The molecule has 0 saturated carbocycles. The second kappa shape index (κ2) is 6.54. The molecule has 2 N–H and O–H groups in total. The maximum Gasteiger partial charge on any atom is 0.123 e. The highest BCUT2D eigenvalue weighted by Crippen LogP contribution is 2.22. The normalized spacial score (nSPS) is 17.5. The lowest BCUT2D eigenvalue weighted by atomic mass is 10.1. The van der Waals surface area contributed by atoms with E-state index in [2.05, 4.69) is 16.1 Å². The largest absolute Gasteiger partial charge is 0.496 e. The zero-order valence-electron chi connectivity index (χ0n) is 11.6. The summed E-state index contributed by atoms with van der Waals surface area (Å²) >= 11 is 0. The van der Waals surface area contributed by atoms with Gasteiger partial charge in [-0.3, -0.25) is 4.90 Å². The summed E-state index contributed by atoms with van der Waals surface area (Å²) in [5.41, 5.74) is 3.02. The van der Waals surface area contributed by atoms with Crippen LogP contribution in [0, 0.1) is 0 Å². The maximum absolute atomic E-state index is 5.43. The number of morpholine rings is 1. The van der Waals surface area contributed by atoms with Crippen molar-refractivity contribution in [1.29, 1.82) is 0 Å². The molecule has 0 atom stereocenters. The quantitative estimate of drug-likeness (QED) is 0.504. The fourth-order valence-electron chi connectivity index (χ4n) is 2.20. The third kappa shape index (κ3) is 3.45. The Morgan fingerprint density at radius 2 is 2.16 bits per heavy atom. The summed E-state index contributed by atoms with van der Waals surface area (Å²) in [4.78, 5) is 2.36. The zero-order valence-corrected chi connectivity index (χ0v) is 11.6. The molecule has 1 heterocycles. The second-order valence-corrected chi connectivity index (χ2v) is 4.63. The molecule has 1 saturated heterocycles. The first-order valence-electron chi connectivity index (χ1n) is 6.46. The summed E-state index contributed by atoms with van der Waals surface area (Å²) in [6.07, 6.45) is 0. The van der Waals surface area contributed by atoms with Crippen LogP contribution in [0.15, 0.2) is 23.3 Å². The molecule has 2 rings (SSSR count). The van der Waals surface area contributed by atoms with Crippen molar-refractivity contribution in [1.82, 2.24) is 4.90 Å². The van der Waals surface area contributed by atoms with Crippen molar-refractivity contribution >= 4 is 5.71 Å². The molecular weight excluding hydrogens is 242 g/mol. The maximum atomic E-state index is 5.43. The molecule has 0 aromatic heterocycles. The molecule has 0 spiro atoms. The molecule has 0 radical (unpaired) electrons. The van der Waals surface area contributed by atoms with Gasteiger partial charge in [0, 0.05) is 25.2 Å². The van der Waals surface area contributed by atoms with Crippen LogP contribution < -0.4 is 10.6 Å². The Morgan fingerprint density at radius 3 is 2.79 bits per heavy atom. The van der Waals surface area contributed by atoms with Gasteiger partial charge in [-0.1, -0.05) is 0 Å². The molecule has 5 nitrogen and oxygen atoms in total. The smallest absolute Gasteiger partial charge is 0.123 e. The average molecular weight is 263 g/mol. The van der Waals surface area contributed by atoms with Crippen molar-refractivity contribution in [2.75, 3.05) is 33.4 Å². The van der Waals surface area contributed by atoms with Gasteiger partial charge in [0.05, 0.1) is 26.0 Å². The third-order valence-electron chi connectivity index (χ3n) is 3.39. The van der Waals surface area contributed by atoms with Crippen LogP contribution in [-0.2, 0) is 11.3 Å². The fourth-order valence-corrected chi connectivity index (χ4v) is 2.20. The summed E-state index contributed by atoms with van der Waals surface area (Å²) in [6, 6.07) is 6.05. The minimum absolute atomic E-state index is 0.797. The monoisotopic (exact) mass is 263 g/mol. The average Bonchev–Trinajstić information content (AvgIpc) is 2.47. The van der Waals surface area contributed by atoms with Crippen LogP contribution in [0.4, 0.5) is 0 Å². The Morgan fingerprint density at radius 1 is 1.42 bits per heavy atom. The molecule has 0 unspecified atom stereocenters. The van der Waals surface area contributed by atoms with Crippen molar-refractivity contribution < 1.29 is 9.47 Å². The molecule has 5 heteroatoms. The highest BCUT2D eigenvalue weighted by Gasteiger charge is 2.14. The summed E-state index contributed by atoms with van der Waals surface area (Å²) in [5, 5.41) is 3.74. The number of benzene rings is 1. The summed E-state index contributed by atoms with van der Waals surface area (Å²) in [7, 11) is 1.70. The van der Waals surface area contributed by atoms with Gasteiger partial charge in [0.1, 0.15) is 5.75 Å². The van der Waals surface area contributed by atoms with E-state index in [1.54, 1.807) is 7.11 Å². The second-order valence-electron chi connectivity index (χ2n) is 4.63. The van der Waals surface area contributed by atoms with E-state index in [-0.39, 0.29) is 0 Å². The first-order chi connectivity index (χ1) is 9.24. The molecule has 1 fully saturated rings. The Labute approximate surface area is 114 Å². The molecule has 1 aliphatic rings. The van der Waals surface area contributed by atoms with Crippen molar-refractivity contribution in [3.8, 4) is 5.75 Å². The minimum atomic E-state index is 0.797. The van der Waals surface area contributed by atoms with Crippen molar-refractivity contribution in [3.05, 3.63) is 29.3 Å². The van der Waals surface area contributed by atoms with Gasteiger partial charge in [0.2, 0.25) is 0 Å². The van der Waals surface area contributed by atoms with Crippen molar-refractivity contribution in [3.63, 3.8) is 0 Å². The van der Waals surface area contributed by atoms with Gasteiger partial charge < -0.3 is 15.3 Å². The first kappa shape index (κ1) is 13.8. The highest BCUT2D eigenvalue weighted by atomic mass is 16.5. The Balaban J connectivity index is 2.20. The van der Waals surface area contributed by atoms with Gasteiger partial charge in [-0.15, -0.1) is 0 Å². The fraction of sp³-hybridized carbons (Fsp3) is 0.500. The lowest BCUT2D eigenvalue weighted by molar-refractivity contribution is 0.0339. The molecule has 0 aliphatic carbocycles. The van der Waals surface area contributed by atoms with E-state index in [9.17, 15) is 0 Å². The number of methoxy groups -OCH3 is 1. The van der Waals surface area contributed by atoms with E-state index in [1.807, 2.05) is 19.1 Å². The summed E-state index contributed by atoms with van der Waals surface area (Å²) in [6.45, 7) is 6.27. The van der Waals surface area contributed by atoms with Gasteiger partial charge in [-0.2, -0.15) is 5.10 Å². The van der Waals surface area contributed by atoms with Gasteiger partial charge in [0.15, 0.2) is 0 Å². The zero-order chi connectivity index (χ0) is 13.7. The van der Waals surface area contributed by atoms with Gasteiger partial charge in [0.25, 0.3) is 0 Å². The van der Waals surface area contributed by atoms with E-state index >= 15 is 0 Å². The van der Waals surface area contributed by atoms with Gasteiger partial charge in [-0.25, -0.2) is 0 Å². The topological polar surface area (TPSA) is 60.1 Å². The van der Waals surface area contributed by atoms with Crippen LogP contribution in [0.3, 0.4) is 0 Å². The van der Waals surface area contributed by atoms with E-state index in [0.29, 0.717) is 0 Å². The molecule has 1 aromatic carbocycles. The van der Waals surface area contributed by atoms with E-state index in [4.69, 9.17) is 15.3 Å². The number of ether oxygens (including phenoxy) is 2. The molecule has 0 bridgehead atoms. The Bertz CT molecular complexity index is 454. The molecule has 104 valence electrons. The lowest BCUT2D eigenvalue weighted by Crippen LogP contribution is -2.35. The molecule has 19 heavy (non-hydrogen) atoms. The van der Waals surface area contributed by atoms with Crippen LogP contribution in [-0.4, -0.2) is 44.0 Å². The van der Waals surface area contributed by atoms with Crippen LogP contribution in [0.2, 0.25) is 0 Å². The predicted molar refractivity (Wildman–Crippen MR) is 75.5 cm³/mol. The van der Waals surface area contributed by atoms with Crippen molar-refractivity contribution in [2.45, 2.75) is 13.5 Å². The summed E-state index contributed by atoms with van der Waals surface area (Å²) in [5.74, 6) is 6.24.